The molecule has 2 aromatic carbocycles. The van der Waals surface area contributed by atoms with E-state index in [0.717, 1.165) is 15.2 Å². The molecule has 0 aliphatic heterocycles. The molecule has 0 atom stereocenters. The van der Waals surface area contributed by atoms with Crippen LogP contribution < -0.4 is 4.74 Å². The van der Waals surface area contributed by atoms with Gasteiger partial charge >= 0.3 is 5.97 Å². The maximum Gasteiger partial charge on any atom is 0.335 e. The van der Waals surface area contributed by atoms with Gasteiger partial charge in [-0.15, -0.1) is 0 Å². The molecule has 0 amide bonds. The lowest BCUT2D eigenvalue weighted by Crippen LogP contribution is -1.97. The van der Waals surface area contributed by atoms with Crippen LogP contribution in [0.2, 0.25) is 0 Å². The normalized spacial score (nSPS) is 10.4. The Bertz CT molecular complexity index is 563. The third-order valence-corrected chi connectivity index (χ3v) is 2.84. The molecule has 2 aromatic rings. The summed E-state index contributed by atoms with van der Waals surface area (Å²) in [5.74, 6) is -0.387. The zero-order valence-electron chi connectivity index (χ0n) is 8.53. The number of hydrogen-bond acceptors (Lipinski definition) is 2. The number of halogens is 1. The van der Waals surface area contributed by atoms with Crippen LogP contribution in [0.15, 0.2) is 34.8 Å². The highest BCUT2D eigenvalue weighted by atomic mass is 79.9. The van der Waals surface area contributed by atoms with Gasteiger partial charge in [-0.25, -0.2) is 4.79 Å². The molecule has 0 radical (unpaired) electrons. The van der Waals surface area contributed by atoms with E-state index in [9.17, 15) is 4.79 Å². The second-order valence-corrected chi connectivity index (χ2v) is 4.26. The highest BCUT2D eigenvalue weighted by Crippen LogP contribution is 2.29. The molecule has 4 heteroatoms. The molecular formula is C12H9BrO3. The van der Waals surface area contributed by atoms with Crippen LogP contribution in [0.3, 0.4) is 0 Å². The molecule has 0 spiro atoms. The second-order valence-electron chi connectivity index (χ2n) is 3.35. The molecule has 0 aromatic heterocycles. The monoisotopic (exact) mass is 280 g/mol. The summed E-state index contributed by atoms with van der Waals surface area (Å²) in [6.07, 6.45) is 0. The Morgan fingerprint density at radius 2 is 2.06 bits per heavy atom. The minimum atomic E-state index is -0.958. The van der Waals surface area contributed by atoms with E-state index in [4.69, 9.17) is 9.84 Å². The van der Waals surface area contributed by atoms with Crippen molar-refractivity contribution >= 4 is 32.7 Å². The fraction of sp³-hybridized carbons (Fsp3) is 0.0833. The topological polar surface area (TPSA) is 46.5 Å². The molecular weight excluding hydrogens is 272 g/mol. The number of benzene rings is 2. The molecule has 0 fully saturated rings. The lowest BCUT2D eigenvalue weighted by atomic mass is 10.1. The van der Waals surface area contributed by atoms with Crippen molar-refractivity contribution in [2.24, 2.45) is 0 Å². The second kappa shape index (κ2) is 4.14. The maximum atomic E-state index is 10.9. The van der Waals surface area contributed by atoms with E-state index in [2.05, 4.69) is 15.9 Å². The number of aromatic carboxylic acids is 1. The number of methoxy groups -OCH3 is 1. The molecule has 0 bridgehead atoms. The molecule has 1 N–H and O–H groups in total. The van der Waals surface area contributed by atoms with Crippen LogP contribution in [0, 0.1) is 0 Å². The number of carboxylic acids is 1. The smallest absolute Gasteiger partial charge is 0.335 e. The summed E-state index contributed by atoms with van der Waals surface area (Å²) in [5.41, 5.74) is 0.224. The van der Waals surface area contributed by atoms with Gasteiger partial charge in [0.1, 0.15) is 5.75 Å². The van der Waals surface area contributed by atoms with Crippen LogP contribution in [0.4, 0.5) is 0 Å². The molecule has 0 aliphatic carbocycles. The Labute approximate surface area is 101 Å². The van der Waals surface area contributed by atoms with Gasteiger partial charge < -0.3 is 9.84 Å². The standard InChI is InChI=1S/C12H9BrO3/c1-16-11-6-8(12(14)15)4-7-5-9(13)2-3-10(7)11/h2-6H,1H3,(H,14,15). The van der Waals surface area contributed by atoms with Gasteiger partial charge in [-0.3, -0.25) is 0 Å². The Kier molecular flexibility index (Phi) is 2.83. The Morgan fingerprint density at radius 1 is 1.31 bits per heavy atom. The first-order valence-corrected chi connectivity index (χ1v) is 5.41. The first-order valence-electron chi connectivity index (χ1n) is 4.62. The molecule has 82 valence electrons. The van der Waals surface area contributed by atoms with Crippen molar-refractivity contribution in [1.82, 2.24) is 0 Å². The summed E-state index contributed by atoms with van der Waals surface area (Å²) in [7, 11) is 1.53. The predicted molar refractivity (Wildman–Crippen MR) is 65.2 cm³/mol. The maximum absolute atomic E-state index is 10.9. The molecule has 3 nitrogen and oxygen atoms in total. The fourth-order valence-electron chi connectivity index (χ4n) is 1.60. The molecule has 0 unspecified atom stereocenters. The summed E-state index contributed by atoms with van der Waals surface area (Å²) in [6, 6.07) is 8.81. The van der Waals surface area contributed by atoms with Gasteiger partial charge in [-0.05, 0) is 35.7 Å². The van der Waals surface area contributed by atoms with E-state index in [1.54, 1.807) is 6.07 Å². The predicted octanol–water partition coefficient (Wildman–Crippen LogP) is 3.31. The molecule has 0 saturated carbocycles. The highest BCUT2D eigenvalue weighted by molar-refractivity contribution is 9.10. The van der Waals surface area contributed by atoms with Gasteiger partial charge in [0.25, 0.3) is 0 Å². The van der Waals surface area contributed by atoms with Crippen molar-refractivity contribution in [3.8, 4) is 5.75 Å². The summed E-state index contributed by atoms with van der Waals surface area (Å²) in [5, 5.41) is 10.7. The zero-order chi connectivity index (χ0) is 11.7. The fourth-order valence-corrected chi connectivity index (χ4v) is 1.98. The number of ether oxygens (including phenoxy) is 1. The van der Waals surface area contributed by atoms with Crippen LogP contribution in [-0.2, 0) is 0 Å². The van der Waals surface area contributed by atoms with E-state index in [1.165, 1.54) is 13.2 Å². The van der Waals surface area contributed by atoms with Gasteiger partial charge in [0.2, 0.25) is 0 Å². The molecule has 16 heavy (non-hydrogen) atoms. The molecule has 2 rings (SSSR count). The van der Waals surface area contributed by atoms with Crippen LogP contribution in [0.25, 0.3) is 10.8 Å². The lowest BCUT2D eigenvalue weighted by Gasteiger charge is -2.07. The third kappa shape index (κ3) is 1.88. The summed E-state index contributed by atoms with van der Waals surface area (Å²) >= 11 is 3.35. The molecule has 0 aliphatic rings. The third-order valence-electron chi connectivity index (χ3n) is 2.34. The van der Waals surface area contributed by atoms with Crippen molar-refractivity contribution in [2.75, 3.05) is 7.11 Å². The van der Waals surface area contributed by atoms with Crippen molar-refractivity contribution in [2.45, 2.75) is 0 Å². The minimum absolute atomic E-state index is 0.224. The van der Waals surface area contributed by atoms with E-state index in [-0.39, 0.29) is 5.56 Å². The van der Waals surface area contributed by atoms with Gasteiger partial charge in [0, 0.05) is 9.86 Å². The summed E-state index contributed by atoms with van der Waals surface area (Å²) in [6.45, 7) is 0. The number of hydrogen-bond donors (Lipinski definition) is 1. The van der Waals surface area contributed by atoms with Crippen LogP contribution >= 0.6 is 15.9 Å². The van der Waals surface area contributed by atoms with E-state index in [0.29, 0.717) is 5.75 Å². The number of carboxylic acid groups (broad SMARTS) is 1. The van der Waals surface area contributed by atoms with E-state index < -0.39 is 5.97 Å². The minimum Gasteiger partial charge on any atom is -0.496 e. The quantitative estimate of drug-likeness (QED) is 0.918. The highest BCUT2D eigenvalue weighted by Gasteiger charge is 2.09. The van der Waals surface area contributed by atoms with Crippen molar-refractivity contribution < 1.29 is 14.6 Å². The van der Waals surface area contributed by atoms with Crippen LogP contribution in [0.1, 0.15) is 10.4 Å². The van der Waals surface area contributed by atoms with Gasteiger partial charge in [0.15, 0.2) is 0 Å². The molecule has 0 heterocycles. The first kappa shape index (κ1) is 11.0. The SMILES string of the molecule is COc1cc(C(=O)O)cc2cc(Br)ccc12. The zero-order valence-corrected chi connectivity index (χ0v) is 10.1. The Hall–Kier alpha value is -1.55. The largest absolute Gasteiger partial charge is 0.496 e. The van der Waals surface area contributed by atoms with Gasteiger partial charge in [-0.1, -0.05) is 15.9 Å². The van der Waals surface area contributed by atoms with Crippen molar-refractivity contribution in [1.29, 1.82) is 0 Å². The number of carbonyl (C=O) groups is 1. The van der Waals surface area contributed by atoms with E-state index >= 15 is 0 Å². The van der Waals surface area contributed by atoms with Crippen LogP contribution in [-0.4, -0.2) is 18.2 Å². The molecule has 0 saturated heterocycles. The Balaban J connectivity index is 2.78. The Morgan fingerprint density at radius 3 is 2.69 bits per heavy atom. The number of fused-ring (bicyclic) bond motifs is 1. The summed E-state index contributed by atoms with van der Waals surface area (Å²) in [4.78, 5) is 10.9. The average Bonchev–Trinajstić information content (AvgIpc) is 2.26. The van der Waals surface area contributed by atoms with Crippen molar-refractivity contribution in [3.63, 3.8) is 0 Å². The lowest BCUT2D eigenvalue weighted by molar-refractivity contribution is 0.0696. The first-order chi connectivity index (χ1) is 7.61. The average molecular weight is 281 g/mol. The number of rotatable bonds is 2. The summed E-state index contributed by atoms with van der Waals surface area (Å²) < 4.78 is 6.09. The van der Waals surface area contributed by atoms with E-state index in [1.807, 2.05) is 18.2 Å². The van der Waals surface area contributed by atoms with Gasteiger partial charge in [-0.2, -0.15) is 0 Å². The van der Waals surface area contributed by atoms with Gasteiger partial charge in [0.05, 0.1) is 12.7 Å². The van der Waals surface area contributed by atoms with Crippen LogP contribution in [0.5, 0.6) is 5.75 Å². The van der Waals surface area contributed by atoms with Crippen molar-refractivity contribution in [3.05, 3.63) is 40.4 Å².